The number of anilines is 1. The van der Waals surface area contributed by atoms with Gasteiger partial charge in [-0.25, -0.2) is 0 Å². The van der Waals surface area contributed by atoms with Crippen molar-refractivity contribution in [2.75, 3.05) is 18.5 Å². The van der Waals surface area contributed by atoms with Crippen LogP contribution in [0.1, 0.15) is 44.2 Å². The van der Waals surface area contributed by atoms with Crippen LogP contribution < -0.4 is 10.2 Å². The molecule has 1 aromatic rings. The van der Waals surface area contributed by atoms with Gasteiger partial charge in [-0.3, -0.25) is 0 Å². The molecule has 0 bridgehead atoms. The third kappa shape index (κ3) is 4.25. The number of hydrogen-bond acceptors (Lipinski definition) is 3. The number of hydrogen-bond donors (Lipinski definition) is 1. The van der Waals surface area contributed by atoms with E-state index in [1.807, 2.05) is 6.07 Å². The Kier molecular flexibility index (Phi) is 5.03. The van der Waals surface area contributed by atoms with Crippen LogP contribution in [0.3, 0.4) is 0 Å². The molecule has 0 heterocycles. The maximum atomic E-state index is 9.36. The summed E-state index contributed by atoms with van der Waals surface area (Å²) >= 11 is 0. The molecule has 3 nitrogen and oxygen atoms in total. The molecular weight excluding hydrogens is 246 g/mol. The summed E-state index contributed by atoms with van der Waals surface area (Å²) < 4.78 is 0. The molecule has 1 N–H and O–H groups in total. The maximum absolute atomic E-state index is 9.36. The largest absolute Gasteiger partial charge is 0.374 e. The summed E-state index contributed by atoms with van der Waals surface area (Å²) in [5.74, 6) is 0.685. The Balaban J connectivity index is 2.02. The molecular formula is C17H25N3. The van der Waals surface area contributed by atoms with Gasteiger partial charge in [0.25, 0.3) is 0 Å². The van der Waals surface area contributed by atoms with E-state index in [1.165, 1.54) is 18.4 Å². The van der Waals surface area contributed by atoms with Gasteiger partial charge in [-0.2, -0.15) is 5.26 Å². The Hall–Kier alpha value is -1.53. The summed E-state index contributed by atoms with van der Waals surface area (Å²) in [4.78, 5) is 2.19. The lowest BCUT2D eigenvalue weighted by Gasteiger charge is -2.22. The summed E-state index contributed by atoms with van der Waals surface area (Å²) in [6, 6.07) is 9.29. The summed E-state index contributed by atoms with van der Waals surface area (Å²) in [5, 5.41) is 12.9. The number of nitrogens with one attached hydrogen (secondary N) is 1. The fourth-order valence-electron chi connectivity index (χ4n) is 2.24. The molecule has 1 saturated carbocycles. The molecule has 0 atom stereocenters. The van der Waals surface area contributed by atoms with E-state index >= 15 is 0 Å². The monoisotopic (exact) mass is 271 g/mol. The normalized spacial score (nSPS) is 14.3. The van der Waals surface area contributed by atoms with Gasteiger partial charge in [0.15, 0.2) is 0 Å². The van der Waals surface area contributed by atoms with Crippen molar-refractivity contribution in [3.63, 3.8) is 0 Å². The highest BCUT2D eigenvalue weighted by molar-refractivity contribution is 5.60. The molecule has 0 amide bonds. The van der Waals surface area contributed by atoms with Crippen molar-refractivity contribution in [2.45, 2.75) is 45.7 Å². The third-order valence-corrected chi connectivity index (χ3v) is 3.81. The summed E-state index contributed by atoms with van der Waals surface area (Å²) in [5.41, 5.74) is 3.03. The quantitative estimate of drug-likeness (QED) is 0.827. The highest BCUT2D eigenvalue weighted by Crippen LogP contribution is 2.23. The molecule has 0 unspecified atom stereocenters. The molecule has 108 valence electrons. The first kappa shape index (κ1) is 14.9. The SMILES string of the molecule is CC(C)CCN(C)c1ccc(CNC2CC2)cc1C#N. The summed E-state index contributed by atoms with van der Waals surface area (Å²) in [7, 11) is 2.07. The minimum atomic E-state index is 0.685. The average Bonchev–Trinajstić information content (AvgIpc) is 3.26. The summed E-state index contributed by atoms with van der Waals surface area (Å²) in [6.45, 7) is 6.32. The van der Waals surface area contributed by atoms with Gasteiger partial charge in [0.05, 0.1) is 11.3 Å². The van der Waals surface area contributed by atoms with Gasteiger partial charge in [-0.15, -0.1) is 0 Å². The zero-order chi connectivity index (χ0) is 14.5. The van der Waals surface area contributed by atoms with Crippen molar-refractivity contribution < 1.29 is 0 Å². The van der Waals surface area contributed by atoms with Crippen LogP contribution >= 0.6 is 0 Å². The second kappa shape index (κ2) is 6.76. The number of nitrogens with zero attached hydrogens (tertiary/aromatic N) is 2. The highest BCUT2D eigenvalue weighted by atomic mass is 15.1. The smallest absolute Gasteiger partial charge is 0.101 e. The molecule has 0 saturated heterocycles. The number of nitriles is 1. The van der Waals surface area contributed by atoms with Gasteiger partial charge < -0.3 is 10.2 Å². The van der Waals surface area contributed by atoms with Crippen LogP contribution in [-0.2, 0) is 6.54 Å². The number of benzene rings is 1. The Morgan fingerprint density at radius 2 is 2.15 bits per heavy atom. The van der Waals surface area contributed by atoms with Crippen LogP contribution in [0.4, 0.5) is 5.69 Å². The molecule has 20 heavy (non-hydrogen) atoms. The van der Waals surface area contributed by atoms with Gasteiger partial charge in [0.1, 0.15) is 6.07 Å². The fourth-order valence-corrected chi connectivity index (χ4v) is 2.24. The predicted molar refractivity (Wildman–Crippen MR) is 83.7 cm³/mol. The average molecular weight is 271 g/mol. The van der Waals surface area contributed by atoms with Crippen molar-refractivity contribution in [1.29, 1.82) is 5.26 Å². The third-order valence-electron chi connectivity index (χ3n) is 3.81. The van der Waals surface area contributed by atoms with E-state index in [4.69, 9.17) is 0 Å². The van der Waals surface area contributed by atoms with E-state index in [2.05, 4.69) is 49.3 Å². The first-order valence-electron chi connectivity index (χ1n) is 7.57. The lowest BCUT2D eigenvalue weighted by Crippen LogP contribution is -2.21. The van der Waals surface area contributed by atoms with Crippen LogP contribution in [0.25, 0.3) is 0 Å². The molecule has 1 aliphatic carbocycles. The molecule has 0 aromatic heterocycles. The second-order valence-corrected chi connectivity index (χ2v) is 6.22. The van der Waals surface area contributed by atoms with E-state index < -0.39 is 0 Å². The van der Waals surface area contributed by atoms with Gasteiger partial charge in [0, 0.05) is 26.2 Å². The molecule has 0 spiro atoms. The Morgan fingerprint density at radius 3 is 2.75 bits per heavy atom. The van der Waals surface area contributed by atoms with Gasteiger partial charge >= 0.3 is 0 Å². The molecule has 1 aromatic carbocycles. The van der Waals surface area contributed by atoms with Crippen LogP contribution in [0.15, 0.2) is 18.2 Å². The van der Waals surface area contributed by atoms with E-state index in [1.54, 1.807) is 0 Å². The fraction of sp³-hybridized carbons (Fsp3) is 0.588. The Labute approximate surface area is 122 Å². The highest BCUT2D eigenvalue weighted by Gasteiger charge is 2.20. The second-order valence-electron chi connectivity index (χ2n) is 6.22. The van der Waals surface area contributed by atoms with Crippen molar-refractivity contribution in [3.05, 3.63) is 29.3 Å². The predicted octanol–water partition coefficient (Wildman–Crippen LogP) is 3.29. The van der Waals surface area contributed by atoms with Crippen molar-refractivity contribution in [2.24, 2.45) is 5.92 Å². The minimum absolute atomic E-state index is 0.685. The zero-order valence-electron chi connectivity index (χ0n) is 12.8. The molecule has 2 rings (SSSR count). The van der Waals surface area contributed by atoms with E-state index in [9.17, 15) is 5.26 Å². The van der Waals surface area contributed by atoms with E-state index in [0.717, 1.165) is 30.8 Å². The van der Waals surface area contributed by atoms with Crippen molar-refractivity contribution in [1.82, 2.24) is 5.32 Å². The van der Waals surface area contributed by atoms with Crippen LogP contribution in [-0.4, -0.2) is 19.6 Å². The lowest BCUT2D eigenvalue weighted by molar-refractivity contribution is 0.585. The van der Waals surface area contributed by atoms with Gasteiger partial charge in [0.2, 0.25) is 0 Å². The number of rotatable bonds is 7. The maximum Gasteiger partial charge on any atom is 0.101 e. The standard InChI is InChI=1S/C17H25N3/c1-13(2)8-9-20(3)17-7-4-14(10-15(17)11-18)12-19-16-5-6-16/h4,7,10,13,16,19H,5-6,8-9,12H2,1-3H3. The first-order valence-corrected chi connectivity index (χ1v) is 7.57. The van der Waals surface area contributed by atoms with Crippen LogP contribution in [0.5, 0.6) is 0 Å². The Bertz CT molecular complexity index is 483. The zero-order valence-corrected chi connectivity index (χ0v) is 12.8. The molecule has 0 radical (unpaired) electrons. The van der Waals surface area contributed by atoms with Gasteiger partial charge in [-0.05, 0) is 42.9 Å². The molecule has 1 aliphatic rings. The van der Waals surface area contributed by atoms with Crippen molar-refractivity contribution in [3.8, 4) is 6.07 Å². The first-order chi connectivity index (χ1) is 9.60. The molecule has 1 fully saturated rings. The minimum Gasteiger partial charge on any atom is -0.374 e. The van der Waals surface area contributed by atoms with Crippen LogP contribution in [0, 0.1) is 17.2 Å². The van der Waals surface area contributed by atoms with Crippen LogP contribution in [0.2, 0.25) is 0 Å². The summed E-state index contributed by atoms with van der Waals surface area (Å²) in [6.07, 6.45) is 3.73. The van der Waals surface area contributed by atoms with E-state index in [0.29, 0.717) is 12.0 Å². The topological polar surface area (TPSA) is 39.1 Å². The van der Waals surface area contributed by atoms with Gasteiger partial charge in [-0.1, -0.05) is 19.9 Å². The molecule has 0 aliphatic heterocycles. The van der Waals surface area contributed by atoms with Crippen molar-refractivity contribution >= 4 is 5.69 Å². The lowest BCUT2D eigenvalue weighted by atomic mass is 10.1. The molecule has 3 heteroatoms. The van der Waals surface area contributed by atoms with E-state index in [-0.39, 0.29) is 0 Å². The Morgan fingerprint density at radius 1 is 1.40 bits per heavy atom.